The first kappa shape index (κ1) is 17.5. The number of nitrogens with one attached hydrogen (secondary N) is 1. The van der Waals surface area contributed by atoms with E-state index in [1.165, 1.54) is 12.7 Å². The van der Waals surface area contributed by atoms with Gasteiger partial charge in [0.15, 0.2) is 0 Å². The molecule has 3 aromatic rings. The fourth-order valence-electron chi connectivity index (χ4n) is 3.79. The standard InChI is InChI=1S/C21H24N4O2/c1-13-7-8-16(14(2)11-13)24-20(26)17-15(3)27-21-18(17)19(22-12-23-21)25-9-5-4-6-10-25/h7-8,11-12H,4-6,9-10H2,1-3H3,(H,24,26). The summed E-state index contributed by atoms with van der Waals surface area (Å²) in [6, 6.07) is 5.98. The fraction of sp³-hybridized carbons (Fsp3) is 0.381. The summed E-state index contributed by atoms with van der Waals surface area (Å²) in [5.41, 5.74) is 3.98. The number of rotatable bonds is 3. The third-order valence-corrected chi connectivity index (χ3v) is 5.16. The Kier molecular flexibility index (Phi) is 4.56. The van der Waals surface area contributed by atoms with Crippen molar-refractivity contribution in [2.24, 2.45) is 0 Å². The van der Waals surface area contributed by atoms with E-state index in [0.29, 0.717) is 22.4 Å². The van der Waals surface area contributed by atoms with Gasteiger partial charge in [-0.1, -0.05) is 17.7 Å². The van der Waals surface area contributed by atoms with Gasteiger partial charge in [-0.05, 0) is 51.7 Å². The number of furan rings is 1. The number of nitrogens with zero attached hydrogens (tertiary/aromatic N) is 3. The van der Waals surface area contributed by atoms with Crippen LogP contribution in [0.4, 0.5) is 11.5 Å². The van der Waals surface area contributed by atoms with Crippen LogP contribution >= 0.6 is 0 Å². The molecule has 0 unspecified atom stereocenters. The van der Waals surface area contributed by atoms with Crippen molar-refractivity contribution in [3.8, 4) is 0 Å². The number of amides is 1. The van der Waals surface area contributed by atoms with Gasteiger partial charge in [-0.25, -0.2) is 9.97 Å². The number of anilines is 2. The van der Waals surface area contributed by atoms with Gasteiger partial charge in [0.25, 0.3) is 5.91 Å². The smallest absolute Gasteiger partial charge is 0.260 e. The van der Waals surface area contributed by atoms with Crippen molar-refractivity contribution in [1.82, 2.24) is 9.97 Å². The summed E-state index contributed by atoms with van der Waals surface area (Å²) in [5, 5.41) is 3.74. The first-order chi connectivity index (χ1) is 13.0. The molecule has 1 N–H and O–H groups in total. The Hall–Kier alpha value is -2.89. The molecule has 0 saturated carbocycles. The highest BCUT2D eigenvalue weighted by Gasteiger charge is 2.26. The molecule has 2 aromatic heterocycles. The van der Waals surface area contributed by atoms with Crippen LogP contribution in [0.3, 0.4) is 0 Å². The normalized spacial score (nSPS) is 14.6. The Morgan fingerprint density at radius 3 is 2.63 bits per heavy atom. The third-order valence-electron chi connectivity index (χ3n) is 5.16. The highest BCUT2D eigenvalue weighted by molar-refractivity contribution is 6.15. The van der Waals surface area contributed by atoms with E-state index in [1.807, 2.05) is 26.0 Å². The zero-order valence-corrected chi connectivity index (χ0v) is 16.0. The SMILES string of the molecule is Cc1ccc(NC(=O)c2c(C)oc3ncnc(N4CCCCC4)c23)c(C)c1. The van der Waals surface area contributed by atoms with E-state index in [0.717, 1.165) is 48.6 Å². The molecule has 0 atom stereocenters. The molecule has 3 heterocycles. The van der Waals surface area contributed by atoms with E-state index in [2.05, 4.69) is 26.3 Å². The second-order valence-electron chi connectivity index (χ2n) is 7.23. The van der Waals surface area contributed by atoms with Crippen molar-refractivity contribution < 1.29 is 9.21 Å². The number of hydrogen-bond donors (Lipinski definition) is 1. The molecule has 0 radical (unpaired) electrons. The summed E-state index contributed by atoms with van der Waals surface area (Å²) in [4.78, 5) is 24.1. The van der Waals surface area contributed by atoms with Crippen molar-refractivity contribution in [1.29, 1.82) is 0 Å². The van der Waals surface area contributed by atoms with Crippen LogP contribution in [0.25, 0.3) is 11.1 Å². The van der Waals surface area contributed by atoms with E-state index in [-0.39, 0.29) is 5.91 Å². The summed E-state index contributed by atoms with van der Waals surface area (Å²) in [6.45, 7) is 7.71. The van der Waals surface area contributed by atoms with Crippen molar-refractivity contribution in [3.63, 3.8) is 0 Å². The van der Waals surface area contributed by atoms with Gasteiger partial charge in [0.1, 0.15) is 17.9 Å². The van der Waals surface area contributed by atoms with Crippen molar-refractivity contribution in [3.05, 3.63) is 47.0 Å². The Labute approximate surface area is 158 Å². The largest absolute Gasteiger partial charge is 0.442 e. The van der Waals surface area contributed by atoms with Crippen LogP contribution in [0.1, 0.15) is 46.5 Å². The number of fused-ring (bicyclic) bond motifs is 1. The molecule has 1 aliphatic rings. The van der Waals surface area contributed by atoms with Gasteiger partial charge in [0.2, 0.25) is 5.71 Å². The van der Waals surface area contributed by atoms with Crippen LogP contribution < -0.4 is 10.2 Å². The minimum atomic E-state index is -0.189. The molecule has 0 spiro atoms. The molecule has 1 amide bonds. The van der Waals surface area contributed by atoms with Crippen LogP contribution in [-0.4, -0.2) is 29.0 Å². The lowest BCUT2D eigenvalue weighted by molar-refractivity contribution is 0.102. The maximum atomic E-state index is 13.1. The van der Waals surface area contributed by atoms with E-state index >= 15 is 0 Å². The third kappa shape index (κ3) is 3.27. The second kappa shape index (κ2) is 7.02. The average Bonchev–Trinajstić information content (AvgIpc) is 3.00. The molecular formula is C21H24N4O2. The van der Waals surface area contributed by atoms with Crippen molar-refractivity contribution >= 4 is 28.5 Å². The van der Waals surface area contributed by atoms with E-state index < -0.39 is 0 Å². The van der Waals surface area contributed by atoms with E-state index in [1.54, 1.807) is 6.92 Å². The highest BCUT2D eigenvalue weighted by atomic mass is 16.3. The predicted molar refractivity (Wildman–Crippen MR) is 106 cm³/mol. The quantitative estimate of drug-likeness (QED) is 0.746. The van der Waals surface area contributed by atoms with Gasteiger partial charge >= 0.3 is 0 Å². The summed E-state index contributed by atoms with van der Waals surface area (Å²) in [7, 11) is 0. The number of hydrogen-bond acceptors (Lipinski definition) is 5. The summed E-state index contributed by atoms with van der Waals surface area (Å²) in [5.74, 6) is 1.17. The van der Waals surface area contributed by atoms with Crippen LogP contribution in [0.2, 0.25) is 0 Å². The first-order valence-corrected chi connectivity index (χ1v) is 9.42. The van der Waals surface area contributed by atoms with Crippen LogP contribution in [0.5, 0.6) is 0 Å². The Bertz CT molecular complexity index is 1000. The van der Waals surface area contributed by atoms with Gasteiger partial charge < -0.3 is 14.6 Å². The molecule has 4 rings (SSSR count). The molecule has 140 valence electrons. The number of piperidine rings is 1. The Morgan fingerprint density at radius 2 is 1.89 bits per heavy atom. The van der Waals surface area contributed by atoms with Crippen molar-refractivity contribution in [2.75, 3.05) is 23.3 Å². The summed E-state index contributed by atoms with van der Waals surface area (Å²) < 4.78 is 5.80. The maximum Gasteiger partial charge on any atom is 0.260 e. The molecular weight excluding hydrogens is 340 g/mol. The predicted octanol–water partition coefficient (Wildman–Crippen LogP) is 4.39. The lowest BCUT2D eigenvalue weighted by Crippen LogP contribution is -2.30. The van der Waals surface area contributed by atoms with E-state index in [4.69, 9.17) is 4.42 Å². The minimum absolute atomic E-state index is 0.189. The zero-order valence-electron chi connectivity index (χ0n) is 16.0. The van der Waals surface area contributed by atoms with Crippen LogP contribution in [0.15, 0.2) is 28.9 Å². The molecule has 6 nitrogen and oxygen atoms in total. The summed E-state index contributed by atoms with van der Waals surface area (Å²) in [6.07, 6.45) is 5.01. The maximum absolute atomic E-state index is 13.1. The van der Waals surface area contributed by atoms with Crippen LogP contribution in [0, 0.1) is 20.8 Å². The van der Waals surface area contributed by atoms with Gasteiger partial charge in [-0.2, -0.15) is 0 Å². The number of benzene rings is 1. The number of carbonyl (C=O) groups is 1. The second-order valence-corrected chi connectivity index (χ2v) is 7.23. The van der Waals surface area contributed by atoms with Gasteiger partial charge in [0.05, 0.1) is 10.9 Å². The fourth-order valence-corrected chi connectivity index (χ4v) is 3.79. The number of carbonyl (C=O) groups excluding carboxylic acids is 1. The monoisotopic (exact) mass is 364 g/mol. The van der Waals surface area contributed by atoms with Crippen molar-refractivity contribution in [2.45, 2.75) is 40.0 Å². The number of aryl methyl sites for hydroxylation is 3. The Balaban J connectivity index is 1.76. The zero-order chi connectivity index (χ0) is 19.0. The highest BCUT2D eigenvalue weighted by Crippen LogP contribution is 2.33. The lowest BCUT2D eigenvalue weighted by atomic mass is 10.1. The topological polar surface area (TPSA) is 71.3 Å². The molecule has 0 aliphatic carbocycles. The molecule has 1 saturated heterocycles. The molecule has 0 bridgehead atoms. The lowest BCUT2D eigenvalue weighted by Gasteiger charge is -2.28. The summed E-state index contributed by atoms with van der Waals surface area (Å²) >= 11 is 0. The van der Waals surface area contributed by atoms with Gasteiger partial charge in [-0.3, -0.25) is 4.79 Å². The average molecular weight is 364 g/mol. The minimum Gasteiger partial charge on any atom is -0.442 e. The van der Waals surface area contributed by atoms with E-state index in [9.17, 15) is 4.79 Å². The number of aromatic nitrogens is 2. The first-order valence-electron chi connectivity index (χ1n) is 9.42. The molecule has 1 fully saturated rings. The molecule has 6 heteroatoms. The van der Waals surface area contributed by atoms with Crippen LogP contribution in [-0.2, 0) is 0 Å². The molecule has 27 heavy (non-hydrogen) atoms. The Morgan fingerprint density at radius 1 is 1.11 bits per heavy atom. The molecule has 1 aromatic carbocycles. The molecule has 1 aliphatic heterocycles. The van der Waals surface area contributed by atoms with Gasteiger partial charge in [0, 0.05) is 18.8 Å². The van der Waals surface area contributed by atoms with Gasteiger partial charge in [-0.15, -0.1) is 0 Å².